The van der Waals surface area contributed by atoms with Gasteiger partial charge >= 0.3 is 0 Å². The molecule has 0 spiro atoms. The Kier molecular flexibility index (Phi) is 2.68. The first-order valence-corrected chi connectivity index (χ1v) is 5.02. The highest BCUT2D eigenvalue weighted by Crippen LogP contribution is 2.18. The molecule has 2 aromatic heterocycles. The van der Waals surface area contributed by atoms with Crippen LogP contribution in [0.25, 0.3) is 11.0 Å². The van der Waals surface area contributed by atoms with Crippen LogP contribution in [-0.2, 0) is 13.5 Å². The number of aromatic nitrogens is 2. The molecule has 0 aliphatic carbocycles. The van der Waals surface area contributed by atoms with Crippen LogP contribution in [-0.4, -0.2) is 16.1 Å². The summed E-state index contributed by atoms with van der Waals surface area (Å²) in [5.41, 5.74) is 7.43. The summed E-state index contributed by atoms with van der Waals surface area (Å²) in [7, 11) is 1.94. The lowest BCUT2D eigenvalue weighted by Crippen LogP contribution is -2.03. The van der Waals surface area contributed by atoms with Crippen molar-refractivity contribution >= 4 is 11.0 Å². The molecule has 2 N–H and O–H groups in total. The molecular formula is C11H14FN3. The van der Waals surface area contributed by atoms with Crippen molar-refractivity contribution in [3.63, 3.8) is 0 Å². The molecule has 0 saturated heterocycles. The van der Waals surface area contributed by atoms with E-state index in [9.17, 15) is 4.39 Å². The van der Waals surface area contributed by atoms with Gasteiger partial charge in [0.1, 0.15) is 11.5 Å². The first-order chi connectivity index (χ1) is 7.22. The predicted molar refractivity (Wildman–Crippen MR) is 58.0 cm³/mol. The molecule has 0 saturated carbocycles. The van der Waals surface area contributed by atoms with Gasteiger partial charge in [0.2, 0.25) is 0 Å². The van der Waals surface area contributed by atoms with E-state index < -0.39 is 0 Å². The van der Waals surface area contributed by atoms with Gasteiger partial charge in [-0.05, 0) is 31.5 Å². The summed E-state index contributed by atoms with van der Waals surface area (Å²) < 4.78 is 14.9. The van der Waals surface area contributed by atoms with Crippen molar-refractivity contribution < 1.29 is 4.39 Å². The van der Waals surface area contributed by atoms with Gasteiger partial charge in [-0.1, -0.05) is 0 Å². The minimum Gasteiger partial charge on any atom is -0.333 e. The van der Waals surface area contributed by atoms with Gasteiger partial charge in [0.05, 0.1) is 6.20 Å². The standard InChI is InChI=1S/C11H14FN3/c1-15-10(3-2-4-13)6-8-5-9(12)7-14-11(8)15/h5-7H,2-4,13H2,1H3. The lowest BCUT2D eigenvalue weighted by Gasteiger charge is -2.01. The van der Waals surface area contributed by atoms with Crippen LogP contribution in [0.4, 0.5) is 4.39 Å². The SMILES string of the molecule is Cn1c(CCCN)cc2cc(F)cnc21. The maximum atomic E-state index is 12.9. The van der Waals surface area contributed by atoms with E-state index in [1.165, 1.54) is 12.3 Å². The monoisotopic (exact) mass is 207 g/mol. The highest BCUT2D eigenvalue weighted by molar-refractivity contribution is 5.77. The Hall–Kier alpha value is -1.42. The Morgan fingerprint density at radius 3 is 3.00 bits per heavy atom. The molecule has 15 heavy (non-hydrogen) atoms. The Labute approximate surface area is 87.7 Å². The predicted octanol–water partition coefficient (Wildman–Crippen LogP) is 1.60. The van der Waals surface area contributed by atoms with Crippen molar-refractivity contribution in [1.82, 2.24) is 9.55 Å². The van der Waals surface area contributed by atoms with Crippen LogP contribution in [0.5, 0.6) is 0 Å². The Morgan fingerprint density at radius 2 is 2.27 bits per heavy atom. The second-order valence-electron chi connectivity index (χ2n) is 3.65. The fourth-order valence-electron chi connectivity index (χ4n) is 1.77. The van der Waals surface area contributed by atoms with Gasteiger partial charge in [0.25, 0.3) is 0 Å². The quantitative estimate of drug-likeness (QED) is 0.830. The topological polar surface area (TPSA) is 43.8 Å². The highest BCUT2D eigenvalue weighted by atomic mass is 19.1. The smallest absolute Gasteiger partial charge is 0.142 e. The lowest BCUT2D eigenvalue weighted by molar-refractivity contribution is 0.623. The molecule has 2 aromatic rings. The van der Waals surface area contributed by atoms with Crippen LogP contribution in [0.2, 0.25) is 0 Å². The third-order valence-corrected chi connectivity index (χ3v) is 2.57. The first kappa shape index (κ1) is 10.1. The van der Waals surface area contributed by atoms with Crippen LogP contribution >= 0.6 is 0 Å². The van der Waals surface area contributed by atoms with Crippen molar-refractivity contribution in [3.05, 3.63) is 29.8 Å². The summed E-state index contributed by atoms with van der Waals surface area (Å²) in [6.45, 7) is 0.670. The molecule has 0 amide bonds. The number of nitrogens with two attached hydrogens (primary N) is 1. The number of pyridine rings is 1. The number of aryl methyl sites for hydroxylation is 2. The van der Waals surface area contributed by atoms with E-state index in [0.717, 1.165) is 29.6 Å². The van der Waals surface area contributed by atoms with Crippen LogP contribution in [0.15, 0.2) is 18.3 Å². The molecule has 0 bridgehead atoms. The van der Waals surface area contributed by atoms with Gasteiger partial charge in [0.15, 0.2) is 0 Å². The van der Waals surface area contributed by atoms with E-state index in [4.69, 9.17) is 5.73 Å². The summed E-state index contributed by atoms with van der Waals surface area (Å²) >= 11 is 0. The van der Waals surface area contributed by atoms with E-state index in [2.05, 4.69) is 4.98 Å². The van der Waals surface area contributed by atoms with E-state index in [0.29, 0.717) is 6.54 Å². The largest absolute Gasteiger partial charge is 0.333 e. The molecule has 0 fully saturated rings. The second-order valence-corrected chi connectivity index (χ2v) is 3.65. The summed E-state index contributed by atoms with van der Waals surface area (Å²) in [4.78, 5) is 4.07. The molecule has 0 radical (unpaired) electrons. The molecule has 2 rings (SSSR count). The number of rotatable bonds is 3. The van der Waals surface area contributed by atoms with Crippen LogP contribution in [0.3, 0.4) is 0 Å². The average Bonchev–Trinajstić information content (AvgIpc) is 2.52. The minimum absolute atomic E-state index is 0.293. The number of nitrogens with zero attached hydrogens (tertiary/aromatic N) is 2. The molecule has 4 heteroatoms. The van der Waals surface area contributed by atoms with Gasteiger partial charge in [-0.15, -0.1) is 0 Å². The Balaban J connectivity index is 2.44. The fourth-order valence-corrected chi connectivity index (χ4v) is 1.77. The molecule has 0 atom stereocenters. The number of fused-ring (bicyclic) bond motifs is 1. The van der Waals surface area contributed by atoms with E-state index in [1.807, 2.05) is 17.7 Å². The van der Waals surface area contributed by atoms with Crippen LogP contribution in [0, 0.1) is 5.82 Å². The van der Waals surface area contributed by atoms with Crippen molar-refractivity contribution in [2.45, 2.75) is 12.8 Å². The van der Waals surface area contributed by atoms with Crippen LogP contribution in [0.1, 0.15) is 12.1 Å². The van der Waals surface area contributed by atoms with E-state index in [1.54, 1.807) is 0 Å². The fraction of sp³-hybridized carbons (Fsp3) is 0.364. The summed E-state index contributed by atoms with van der Waals surface area (Å²) in [6, 6.07) is 3.48. The van der Waals surface area contributed by atoms with Crippen LogP contribution < -0.4 is 5.73 Å². The van der Waals surface area contributed by atoms with Gasteiger partial charge in [0, 0.05) is 18.1 Å². The van der Waals surface area contributed by atoms with Crippen molar-refractivity contribution in [2.24, 2.45) is 12.8 Å². The van der Waals surface area contributed by atoms with Gasteiger partial charge in [-0.2, -0.15) is 0 Å². The highest BCUT2D eigenvalue weighted by Gasteiger charge is 2.06. The zero-order chi connectivity index (χ0) is 10.8. The van der Waals surface area contributed by atoms with Gasteiger partial charge in [-0.25, -0.2) is 9.37 Å². The molecule has 0 aliphatic heterocycles. The lowest BCUT2D eigenvalue weighted by atomic mass is 10.2. The number of halogens is 1. The summed E-state index contributed by atoms with van der Waals surface area (Å²) in [6.07, 6.45) is 3.09. The zero-order valence-corrected chi connectivity index (χ0v) is 8.70. The average molecular weight is 207 g/mol. The molecule has 80 valence electrons. The van der Waals surface area contributed by atoms with Gasteiger partial charge < -0.3 is 10.3 Å². The molecule has 0 aromatic carbocycles. The zero-order valence-electron chi connectivity index (χ0n) is 8.70. The molecule has 2 heterocycles. The van der Waals surface area contributed by atoms with E-state index in [-0.39, 0.29) is 5.82 Å². The Morgan fingerprint density at radius 1 is 1.47 bits per heavy atom. The summed E-state index contributed by atoms with van der Waals surface area (Å²) in [5, 5.41) is 0.851. The number of hydrogen-bond donors (Lipinski definition) is 1. The molecule has 0 unspecified atom stereocenters. The third kappa shape index (κ3) is 1.85. The molecule has 0 aliphatic rings. The number of hydrogen-bond acceptors (Lipinski definition) is 2. The second kappa shape index (κ2) is 3.98. The maximum Gasteiger partial charge on any atom is 0.142 e. The summed E-state index contributed by atoms with van der Waals surface area (Å²) in [5.74, 6) is -0.293. The van der Waals surface area contributed by atoms with Crippen molar-refractivity contribution in [3.8, 4) is 0 Å². The van der Waals surface area contributed by atoms with Crippen molar-refractivity contribution in [1.29, 1.82) is 0 Å². The minimum atomic E-state index is -0.293. The first-order valence-electron chi connectivity index (χ1n) is 5.02. The molecule has 3 nitrogen and oxygen atoms in total. The van der Waals surface area contributed by atoms with E-state index >= 15 is 0 Å². The van der Waals surface area contributed by atoms with Crippen molar-refractivity contribution in [2.75, 3.05) is 6.54 Å². The third-order valence-electron chi connectivity index (χ3n) is 2.57. The molecular weight excluding hydrogens is 193 g/mol. The van der Waals surface area contributed by atoms with Gasteiger partial charge in [-0.3, -0.25) is 0 Å². The Bertz CT molecular complexity index is 476. The maximum absolute atomic E-state index is 12.9. The normalized spacial score (nSPS) is 11.1.